The van der Waals surface area contributed by atoms with Crippen molar-refractivity contribution in [2.45, 2.75) is 46.1 Å². The second-order valence-electron chi connectivity index (χ2n) is 10.8. The molecule has 1 fully saturated rings. The van der Waals surface area contributed by atoms with E-state index in [0.29, 0.717) is 6.42 Å². The van der Waals surface area contributed by atoms with E-state index in [-0.39, 0.29) is 17.4 Å². The molecule has 33 heavy (non-hydrogen) atoms. The van der Waals surface area contributed by atoms with Gasteiger partial charge in [-0.05, 0) is 48.1 Å². The molecule has 0 aliphatic carbocycles. The van der Waals surface area contributed by atoms with Crippen molar-refractivity contribution in [3.05, 3.63) is 60.3 Å². The molecule has 0 saturated carbocycles. The van der Waals surface area contributed by atoms with Crippen molar-refractivity contribution in [2.75, 3.05) is 42.5 Å². The Hall–Kier alpha value is -2.79. The van der Waals surface area contributed by atoms with Crippen LogP contribution in [0.2, 0.25) is 0 Å². The van der Waals surface area contributed by atoms with Crippen LogP contribution in [0.15, 0.2) is 54.7 Å². The molecule has 2 aliphatic rings. The van der Waals surface area contributed by atoms with Gasteiger partial charge in [0.2, 0.25) is 5.91 Å². The number of hydrogen-bond donors (Lipinski definition) is 1. The van der Waals surface area contributed by atoms with Gasteiger partial charge >= 0.3 is 0 Å². The average Bonchev–Trinajstić information content (AvgIpc) is 3.27. The lowest BCUT2D eigenvalue weighted by atomic mass is 9.89. The summed E-state index contributed by atoms with van der Waals surface area (Å²) >= 11 is 0. The number of H-pyrrole nitrogens is 1. The molecular weight excluding hydrogens is 408 g/mol. The predicted octanol–water partition coefficient (Wildman–Crippen LogP) is 5.07. The van der Waals surface area contributed by atoms with Gasteiger partial charge in [-0.1, -0.05) is 45.0 Å². The van der Waals surface area contributed by atoms with Gasteiger partial charge in [0.25, 0.3) is 0 Å². The zero-order valence-corrected chi connectivity index (χ0v) is 20.2. The van der Waals surface area contributed by atoms with E-state index in [1.54, 1.807) is 0 Å². The summed E-state index contributed by atoms with van der Waals surface area (Å²) in [5.74, 6) is 0.262. The van der Waals surface area contributed by atoms with E-state index in [1.165, 1.54) is 22.2 Å². The second-order valence-corrected chi connectivity index (χ2v) is 10.8. The first-order chi connectivity index (χ1) is 15.9. The summed E-state index contributed by atoms with van der Waals surface area (Å²) in [6, 6.07) is 17.4. The summed E-state index contributed by atoms with van der Waals surface area (Å²) in [6.07, 6.45) is 4.69. The van der Waals surface area contributed by atoms with Gasteiger partial charge in [0.1, 0.15) is 0 Å². The van der Waals surface area contributed by atoms with Gasteiger partial charge in [0.05, 0.1) is 0 Å². The van der Waals surface area contributed by atoms with Gasteiger partial charge in [0, 0.05) is 73.7 Å². The van der Waals surface area contributed by atoms with Crippen molar-refractivity contribution in [3.8, 4) is 0 Å². The number of hydrogen-bond acceptors (Lipinski definition) is 3. The summed E-state index contributed by atoms with van der Waals surface area (Å²) in [6.45, 7) is 11.5. The topological polar surface area (TPSA) is 42.6 Å². The van der Waals surface area contributed by atoms with Crippen LogP contribution >= 0.6 is 0 Å². The molecule has 2 aliphatic heterocycles. The fourth-order valence-corrected chi connectivity index (χ4v) is 5.47. The number of piperazine rings is 1. The molecule has 1 N–H and O–H groups in total. The van der Waals surface area contributed by atoms with E-state index in [1.807, 2.05) is 6.20 Å². The van der Waals surface area contributed by atoms with Crippen LogP contribution in [-0.4, -0.2) is 54.6 Å². The molecule has 5 rings (SSSR count). The quantitative estimate of drug-likeness (QED) is 0.611. The number of aryl methyl sites for hydroxylation is 1. The van der Waals surface area contributed by atoms with Crippen molar-refractivity contribution in [3.63, 3.8) is 0 Å². The summed E-state index contributed by atoms with van der Waals surface area (Å²) in [4.78, 5) is 24.0. The van der Waals surface area contributed by atoms with Crippen molar-refractivity contribution in [1.29, 1.82) is 0 Å². The maximum Gasteiger partial charge on any atom is 0.227 e. The minimum Gasteiger partial charge on any atom is -0.368 e. The van der Waals surface area contributed by atoms with Gasteiger partial charge in [-0.3, -0.25) is 9.69 Å². The zero-order valence-electron chi connectivity index (χ0n) is 20.2. The van der Waals surface area contributed by atoms with E-state index in [9.17, 15) is 4.79 Å². The van der Waals surface area contributed by atoms with Crippen molar-refractivity contribution in [1.82, 2.24) is 9.88 Å². The first kappa shape index (κ1) is 22.0. The number of aromatic nitrogens is 1. The zero-order chi connectivity index (χ0) is 23.0. The third kappa shape index (κ3) is 4.65. The molecule has 0 radical (unpaired) electrons. The molecule has 5 heteroatoms. The van der Waals surface area contributed by atoms with Gasteiger partial charge in [-0.2, -0.15) is 0 Å². The van der Waals surface area contributed by atoms with Gasteiger partial charge < -0.3 is 14.8 Å². The van der Waals surface area contributed by atoms with Crippen LogP contribution in [-0.2, 0) is 11.2 Å². The Balaban J connectivity index is 1.29. The predicted molar refractivity (Wildman–Crippen MR) is 137 cm³/mol. The average molecular weight is 445 g/mol. The number of carbonyl (C=O) groups excluding carboxylic acids is 1. The third-order valence-electron chi connectivity index (χ3n) is 7.07. The molecule has 1 saturated heterocycles. The Morgan fingerprint density at radius 3 is 2.52 bits per heavy atom. The summed E-state index contributed by atoms with van der Waals surface area (Å²) < 4.78 is 0. The van der Waals surface area contributed by atoms with E-state index in [4.69, 9.17) is 0 Å². The number of benzene rings is 2. The Bertz CT molecular complexity index is 1120. The monoisotopic (exact) mass is 444 g/mol. The van der Waals surface area contributed by atoms with Crippen LogP contribution in [0.3, 0.4) is 0 Å². The van der Waals surface area contributed by atoms with Crippen LogP contribution in [0.25, 0.3) is 10.9 Å². The number of nitrogens with one attached hydrogen (secondary N) is 1. The minimum atomic E-state index is -0.0150. The highest BCUT2D eigenvalue weighted by Crippen LogP contribution is 2.34. The normalized spacial score (nSPS) is 19.7. The molecule has 1 aromatic heterocycles. The van der Waals surface area contributed by atoms with Crippen molar-refractivity contribution >= 4 is 28.2 Å². The van der Waals surface area contributed by atoms with Crippen LogP contribution in [0.4, 0.5) is 11.4 Å². The van der Waals surface area contributed by atoms with E-state index < -0.39 is 0 Å². The smallest absolute Gasteiger partial charge is 0.227 e. The molecule has 1 atom stereocenters. The highest BCUT2D eigenvalue weighted by Gasteiger charge is 2.34. The summed E-state index contributed by atoms with van der Waals surface area (Å²) in [5, 5.41) is 1.30. The number of carbonyl (C=O) groups is 1. The number of fused-ring (bicyclic) bond motifs is 2. The number of rotatable bonds is 4. The maximum absolute atomic E-state index is 13.5. The van der Waals surface area contributed by atoms with Crippen molar-refractivity contribution < 1.29 is 4.79 Å². The molecule has 1 unspecified atom stereocenters. The van der Waals surface area contributed by atoms with Crippen LogP contribution < -0.4 is 9.80 Å². The number of aromatic amines is 1. The van der Waals surface area contributed by atoms with E-state index in [0.717, 1.165) is 51.3 Å². The summed E-state index contributed by atoms with van der Waals surface area (Å²) in [5.41, 5.74) is 4.94. The Labute approximate surface area is 197 Å². The van der Waals surface area contributed by atoms with E-state index in [2.05, 4.69) is 89.0 Å². The number of anilines is 2. The number of nitrogens with zero attached hydrogens (tertiary/aromatic N) is 3. The molecule has 174 valence electrons. The lowest BCUT2D eigenvalue weighted by molar-refractivity contribution is -0.121. The second kappa shape index (κ2) is 8.86. The Morgan fingerprint density at radius 2 is 1.73 bits per heavy atom. The third-order valence-corrected chi connectivity index (χ3v) is 7.07. The standard InChI is InChI=1S/C28H36N4O/c1-28(2,3)19-27(33)32-22(12-11-21-7-4-5-9-25(21)32)20-30-15-17-31(18-16-30)26-10-6-8-24-23(26)13-14-29-24/h4-10,13-14,22,29H,11-12,15-20H2,1-3H3. The lowest BCUT2D eigenvalue weighted by Gasteiger charge is -2.43. The Morgan fingerprint density at radius 1 is 0.970 bits per heavy atom. The van der Waals surface area contributed by atoms with Crippen LogP contribution in [0, 0.1) is 5.41 Å². The molecule has 2 aromatic carbocycles. The SMILES string of the molecule is CC(C)(C)CC(=O)N1c2ccccc2CCC1CN1CCN(c2cccc3[nH]ccc23)CC1. The molecule has 5 nitrogen and oxygen atoms in total. The Kier molecular flexibility index (Phi) is 5.92. The maximum atomic E-state index is 13.5. The van der Waals surface area contributed by atoms with Gasteiger partial charge in [-0.25, -0.2) is 0 Å². The highest BCUT2D eigenvalue weighted by atomic mass is 16.2. The summed E-state index contributed by atoms with van der Waals surface area (Å²) in [7, 11) is 0. The van der Waals surface area contributed by atoms with E-state index >= 15 is 0 Å². The van der Waals surface area contributed by atoms with Gasteiger partial charge in [0.15, 0.2) is 0 Å². The first-order valence-electron chi connectivity index (χ1n) is 12.3. The number of amides is 1. The lowest BCUT2D eigenvalue weighted by Crippen LogP contribution is -2.54. The first-order valence-corrected chi connectivity index (χ1v) is 12.3. The number of para-hydroxylation sites is 1. The molecule has 3 heterocycles. The molecular formula is C28H36N4O. The van der Waals surface area contributed by atoms with Crippen LogP contribution in [0.1, 0.15) is 39.2 Å². The molecule has 1 amide bonds. The fourth-order valence-electron chi connectivity index (χ4n) is 5.47. The molecule has 0 spiro atoms. The molecule has 3 aromatic rings. The van der Waals surface area contributed by atoms with Crippen molar-refractivity contribution in [2.24, 2.45) is 5.41 Å². The highest BCUT2D eigenvalue weighted by molar-refractivity contribution is 5.95. The fraction of sp³-hybridized carbons (Fsp3) is 0.464. The van der Waals surface area contributed by atoms with Gasteiger partial charge in [-0.15, -0.1) is 0 Å². The molecule has 0 bridgehead atoms. The minimum absolute atomic E-state index is 0.0150. The van der Waals surface area contributed by atoms with Crippen LogP contribution in [0.5, 0.6) is 0 Å². The largest absolute Gasteiger partial charge is 0.368 e.